The predicted octanol–water partition coefficient (Wildman–Crippen LogP) is 2.57. The van der Waals surface area contributed by atoms with E-state index in [0.29, 0.717) is 24.1 Å². The van der Waals surface area contributed by atoms with Crippen molar-refractivity contribution >= 4 is 46.1 Å². The number of rotatable bonds is 6. The molecule has 0 bridgehead atoms. The molecule has 1 aromatic heterocycles. The number of aliphatic carboxylic acids is 1. The molecule has 0 radical (unpaired) electrons. The summed E-state index contributed by atoms with van der Waals surface area (Å²) in [5.74, 6) is -1.81. The van der Waals surface area contributed by atoms with Crippen LogP contribution in [-0.2, 0) is 19.1 Å². The summed E-state index contributed by atoms with van der Waals surface area (Å²) < 4.78 is 10.0. The summed E-state index contributed by atoms with van der Waals surface area (Å²) >= 11 is 1.10. The SMILES string of the molecule is C=CCOC(=O)Nc1nc(C2=C(C(=O)O)N3C(=O)[C@@H](NC(=O)OC(C)(C)C)[C@H]3CC2)cs1. The Bertz CT molecular complexity index is 994. The number of ether oxygens (including phenoxy) is 2. The van der Waals surface area contributed by atoms with Gasteiger partial charge in [0.15, 0.2) is 5.13 Å². The molecule has 1 saturated heterocycles. The second-order valence-corrected chi connectivity index (χ2v) is 8.98. The van der Waals surface area contributed by atoms with Crippen molar-refractivity contribution in [1.29, 1.82) is 0 Å². The average Bonchev–Trinajstić information content (AvgIpc) is 3.15. The van der Waals surface area contributed by atoms with Gasteiger partial charge in [-0.1, -0.05) is 12.7 Å². The van der Waals surface area contributed by atoms with E-state index in [-0.39, 0.29) is 17.4 Å². The highest BCUT2D eigenvalue weighted by molar-refractivity contribution is 7.14. The molecule has 2 aliphatic heterocycles. The van der Waals surface area contributed by atoms with Gasteiger partial charge in [0.2, 0.25) is 0 Å². The molecule has 3 heterocycles. The second-order valence-electron chi connectivity index (χ2n) is 8.12. The zero-order valence-corrected chi connectivity index (χ0v) is 18.7. The van der Waals surface area contributed by atoms with E-state index < -0.39 is 41.7 Å². The Morgan fingerprint density at radius 1 is 1.38 bits per heavy atom. The van der Waals surface area contributed by atoms with Crippen LogP contribution in [0.25, 0.3) is 5.57 Å². The third kappa shape index (κ3) is 4.90. The number of hydrogen-bond donors (Lipinski definition) is 3. The smallest absolute Gasteiger partial charge is 0.413 e. The van der Waals surface area contributed by atoms with E-state index in [1.165, 1.54) is 11.0 Å². The first kappa shape index (κ1) is 23.3. The number of thiazole rings is 1. The molecule has 12 heteroatoms. The number of carbonyl (C=O) groups is 4. The fourth-order valence-electron chi connectivity index (χ4n) is 3.47. The topological polar surface area (TPSA) is 147 Å². The lowest BCUT2D eigenvalue weighted by atomic mass is 9.83. The van der Waals surface area contributed by atoms with E-state index in [4.69, 9.17) is 9.47 Å². The van der Waals surface area contributed by atoms with Crippen LogP contribution in [0.1, 0.15) is 39.3 Å². The van der Waals surface area contributed by atoms with Crippen LogP contribution in [0.2, 0.25) is 0 Å². The van der Waals surface area contributed by atoms with Crippen molar-refractivity contribution in [3.8, 4) is 0 Å². The molecule has 3 rings (SSSR count). The lowest BCUT2D eigenvalue weighted by molar-refractivity contribution is -0.153. The largest absolute Gasteiger partial charge is 0.477 e. The van der Waals surface area contributed by atoms with Crippen molar-refractivity contribution in [2.75, 3.05) is 11.9 Å². The number of carbonyl (C=O) groups excluding carboxylic acids is 3. The zero-order valence-electron chi connectivity index (χ0n) is 17.8. The first-order chi connectivity index (χ1) is 15.0. The summed E-state index contributed by atoms with van der Waals surface area (Å²) in [6, 6.07) is -1.34. The van der Waals surface area contributed by atoms with Crippen LogP contribution in [0, 0.1) is 0 Å². The zero-order chi connectivity index (χ0) is 23.6. The molecule has 172 valence electrons. The molecule has 2 aliphatic rings. The van der Waals surface area contributed by atoms with Crippen molar-refractivity contribution in [2.24, 2.45) is 0 Å². The van der Waals surface area contributed by atoms with Gasteiger partial charge in [-0.15, -0.1) is 11.3 Å². The number of carboxylic acids is 1. The molecule has 0 spiro atoms. The maximum absolute atomic E-state index is 12.7. The quantitative estimate of drug-likeness (QED) is 0.430. The Kier molecular flexibility index (Phi) is 6.53. The summed E-state index contributed by atoms with van der Waals surface area (Å²) in [5.41, 5.74) is -0.181. The normalized spacial score (nSPS) is 20.1. The predicted molar refractivity (Wildman–Crippen MR) is 115 cm³/mol. The van der Waals surface area contributed by atoms with Gasteiger partial charge >= 0.3 is 18.2 Å². The van der Waals surface area contributed by atoms with E-state index >= 15 is 0 Å². The maximum atomic E-state index is 12.7. The number of allylic oxidation sites excluding steroid dienone is 1. The molecule has 0 saturated carbocycles. The monoisotopic (exact) mass is 464 g/mol. The number of nitrogens with zero attached hydrogens (tertiary/aromatic N) is 2. The fraction of sp³-hybridized carbons (Fsp3) is 0.450. The molecule has 32 heavy (non-hydrogen) atoms. The number of nitrogens with one attached hydrogen (secondary N) is 2. The number of anilines is 1. The summed E-state index contributed by atoms with van der Waals surface area (Å²) in [7, 11) is 0. The van der Waals surface area contributed by atoms with Gasteiger partial charge in [-0.25, -0.2) is 19.4 Å². The fourth-order valence-corrected chi connectivity index (χ4v) is 4.19. The van der Waals surface area contributed by atoms with Crippen LogP contribution in [0.3, 0.4) is 0 Å². The van der Waals surface area contributed by atoms with Crippen molar-refractivity contribution in [2.45, 2.75) is 51.3 Å². The van der Waals surface area contributed by atoms with E-state index in [2.05, 4.69) is 22.2 Å². The van der Waals surface area contributed by atoms with E-state index in [9.17, 15) is 24.3 Å². The Hall–Kier alpha value is -3.41. The number of alkyl carbamates (subject to hydrolysis) is 1. The highest BCUT2D eigenvalue weighted by Crippen LogP contribution is 2.41. The Morgan fingerprint density at radius 3 is 2.72 bits per heavy atom. The van der Waals surface area contributed by atoms with Crippen LogP contribution in [-0.4, -0.2) is 63.3 Å². The van der Waals surface area contributed by atoms with Gasteiger partial charge in [0.05, 0.1) is 11.7 Å². The first-order valence-corrected chi connectivity index (χ1v) is 10.7. The van der Waals surface area contributed by atoms with E-state index in [1.807, 2.05) is 0 Å². The third-order valence-electron chi connectivity index (χ3n) is 4.67. The summed E-state index contributed by atoms with van der Waals surface area (Å²) in [6.07, 6.45) is 0.730. The Labute approximate surface area is 188 Å². The molecule has 1 fully saturated rings. The maximum Gasteiger partial charge on any atom is 0.413 e. The second kappa shape index (κ2) is 8.99. The van der Waals surface area contributed by atoms with Gasteiger partial charge < -0.3 is 19.9 Å². The average molecular weight is 465 g/mol. The van der Waals surface area contributed by atoms with Gasteiger partial charge in [-0.3, -0.25) is 15.0 Å². The first-order valence-electron chi connectivity index (χ1n) is 9.81. The minimum absolute atomic E-state index is 0.0370. The molecule has 3 N–H and O–H groups in total. The van der Waals surface area contributed by atoms with Crippen molar-refractivity contribution in [3.05, 3.63) is 29.4 Å². The van der Waals surface area contributed by atoms with E-state index in [1.54, 1.807) is 26.2 Å². The number of carboxylic acid groups (broad SMARTS) is 1. The Morgan fingerprint density at radius 2 is 2.09 bits per heavy atom. The molecular weight excluding hydrogens is 440 g/mol. The van der Waals surface area contributed by atoms with Gasteiger partial charge in [0.25, 0.3) is 5.91 Å². The van der Waals surface area contributed by atoms with Crippen LogP contribution in [0.4, 0.5) is 14.7 Å². The van der Waals surface area contributed by atoms with Gasteiger partial charge in [-0.2, -0.15) is 0 Å². The minimum atomic E-state index is -1.28. The lowest BCUT2D eigenvalue weighted by Crippen LogP contribution is -2.71. The summed E-state index contributed by atoms with van der Waals surface area (Å²) in [6.45, 7) is 8.60. The highest BCUT2D eigenvalue weighted by atomic mass is 32.1. The lowest BCUT2D eigenvalue weighted by Gasteiger charge is -2.50. The number of hydrogen-bond acceptors (Lipinski definition) is 8. The van der Waals surface area contributed by atoms with Crippen LogP contribution in [0.5, 0.6) is 0 Å². The molecule has 0 aromatic carbocycles. The molecule has 11 nitrogen and oxygen atoms in total. The number of β-lactam (4-membered cyclic amide) rings is 1. The van der Waals surface area contributed by atoms with Gasteiger partial charge in [-0.05, 0) is 33.6 Å². The van der Waals surface area contributed by atoms with Crippen LogP contribution < -0.4 is 10.6 Å². The summed E-state index contributed by atoms with van der Waals surface area (Å²) in [5, 5.41) is 16.6. The molecular formula is C20H24N4O7S. The standard InChI is InChI=1S/C20H24N4O7S/c1-5-8-30-18(28)23-17-21-11(9-32-17)10-6-7-12-13(22-19(29)31-20(2,3)4)15(25)24(12)14(10)16(26)27/h5,9,12-13H,1,6-8H2,2-4H3,(H,22,29)(H,26,27)(H,21,23,28)/t12-,13+/m1/s1. The molecule has 0 unspecified atom stereocenters. The van der Waals surface area contributed by atoms with Crippen molar-refractivity contribution in [1.82, 2.24) is 15.2 Å². The van der Waals surface area contributed by atoms with Crippen LogP contribution in [0.15, 0.2) is 23.7 Å². The number of fused-ring (bicyclic) bond motifs is 1. The molecule has 2 atom stereocenters. The molecule has 0 aliphatic carbocycles. The minimum Gasteiger partial charge on any atom is -0.477 e. The van der Waals surface area contributed by atoms with Gasteiger partial charge in [0.1, 0.15) is 23.9 Å². The molecule has 3 amide bonds. The third-order valence-corrected chi connectivity index (χ3v) is 5.42. The van der Waals surface area contributed by atoms with Crippen molar-refractivity contribution in [3.63, 3.8) is 0 Å². The van der Waals surface area contributed by atoms with Crippen LogP contribution >= 0.6 is 11.3 Å². The Balaban J connectivity index is 1.77. The highest BCUT2D eigenvalue weighted by Gasteiger charge is 2.54. The summed E-state index contributed by atoms with van der Waals surface area (Å²) in [4.78, 5) is 53.9. The van der Waals surface area contributed by atoms with Crippen molar-refractivity contribution < 1.29 is 33.8 Å². The molecule has 1 aromatic rings. The number of amides is 3. The van der Waals surface area contributed by atoms with Gasteiger partial charge in [0, 0.05) is 11.0 Å². The number of aromatic nitrogens is 1. The van der Waals surface area contributed by atoms with E-state index in [0.717, 1.165) is 11.3 Å².